The van der Waals surface area contributed by atoms with Gasteiger partial charge in [-0.05, 0) is 19.2 Å². The Kier molecular flexibility index (Phi) is 2.24. The Hall–Kier alpha value is -0.900. The summed E-state index contributed by atoms with van der Waals surface area (Å²) >= 11 is 0. The van der Waals surface area contributed by atoms with Crippen LogP contribution >= 0.6 is 0 Å². The number of hydrogen-bond donors (Lipinski definition) is 1. The number of likely N-dealkylation sites (N-methyl/N-ethyl adjacent to an activating group) is 1. The number of furan rings is 1. The van der Waals surface area contributed by atoms with Crippen molar-refractivity contribution in [3.05, 3.63) is 24.2 Å². The zero-order valence-corrected chi connectivity index (χ0v) is 6.10. The molecule has 0 fully saturated rings. The van der Waals surface area contributed by atoms with Crippen molar-refractivity contribution in [3.8, 4) is 0 Å². The van der Waals surface area contributed by atoms with Crippen molar-refractivity contribution >= 4 is 0 Å². The van der Waals surface area contributed by atoms with Crippen LogP contribution in [-0.4, -0.2) is 13.6 Å². The molecule has 0 aliphatic carbocycles. The van der Waals surface area contributed by atoms with Crippen molar-refractivity contribution < 1.29 is 13.2 Å². The Morgan fingerprint density at radius 1 is 1.64 bits per heavy atom. The molecule has 0 saturated heterocycles. The van der Waals surface area contributed by atoms with Gasteiger partial charge in [0.05, 0.1) is 12.8 Å². The van der Waals surface area contributed by atoms with Gasteiger partial charge in [0.2, 0.25) is 0 Å². The lowest BCUT2D eigenvalue weighted by atomic mass is 10.2. The van der Waals surface area contributed by atoms with E-state index in [1.807, 2.05) is 0 Å². The molecule has 0 aromatic carbocycles. The lowest BCUT2D eigenvalue weighted by Crippen LogP contribution is -2.27. The fourth-order valence-corrected chi connectivity index (χ4v) is 0.796. The van der Waals surface area contributed by atoms with Gasteiger partial charge in [0.15, 0.2) is 5.76 Å². The Balaban J connectivity index is 2.73. The van der Waals surface area contributed by atoms with Gasteiger partial charge < -0.3 is 9.73 Å². The normalized spacial score (nSPS) is 11.9. The summed E-state index contributed by atoms with van der Waals surface area (Å²) in [5.74, 6) is -3.20. The van der Waals surface area contributed by atoms with E-state index in [0.29, 0.717) is 0 Å². The van der Waals surface area contributed by atoms with Crippen LogP contribution in [0.5, 0.6) is 0 Å². The van der Waals surface area contributed by atoms with Gasteiger partial charge in [0.1, 0.15) is 0 Å². The van der Waals surface area contributed by atoms with Crippen LogP contribution in [0.2, 0.25) is 0 Å². The van der Waals surface area contributed by atoms with Gasteiger partial charge >= 0.3 is 5.92 Å². The van der Waals surface area contributed by atoms with Crippen molar-refractivity contribution in [1.82, 2.24) is 5.32 Å². The molecule has 11 heavy (non-hydrogen) atoms. The van der Waals surface area contributed by atoms with Crippen LogP contribution in [0.3, 0.4) is 0 Å². The van der Waals surface area contributed by atoms with E-state index in [1.165, 1.54) is 25.4 Å². The first kappa shape index (κ1) is 8.20. The number of halogens is 2. The molecular formula is C7H9F2NO. The molecule has 1 N–H and O–H groups in total. The molecule has 0 unspecified atom stereocenters. The van der Waals surface area contributed by atoms with Gasteiger partial charge in [-0.1, -0.05) is 0 Å². The molecule has 0 aliphatic heterocycles. The molecule has 1 aromatic heterocycles. The van der Waals surface area contributed by atoms with Crippen LogP contribution < -0.4 is 5.32 Å². The fraction of sp³-hybridized carbons (Fsp3) is 0.429. The molecule has 1 rings (SSSR count). The molecular weight excluding hydrogens is 152 g/mol. The lowest BCUT2D eigenvalue weighted by Gasteiger charge is -2.11. The predicted molar refractivity (Wildman–Crippen MR) is 36.5 cm³/mol. The summed E-state index contributed by atoms with van der Waals surface area (Å²) in [6.07, 6.45) is 1.24. The van der Waals surface area contributed by atoms with E-state index in [-0.39, 0.29) is 5.76 Å². The maximum absolute atomic E-state index is 12.8. The fourth-order valence-electron chi connectivity index (χ4n) is 0.796. The second-order valence-electron chi connectivity index (χ2n) is 2.21. The topological polar surface area (TPSA) is 25.2 Å². The van der Waals surface area contributed by atoms with Gasteiger partial charge in [-0.25, -0.2) is 0 Å². The molecule has 2 nitrogen and oxygen atoms in total. The molecule has 62 valence electrons. The van der Waals surface area contributed by atoms with E-state index in [2.05, 4.69) is 9.73 Å². The second-order valence-corrected chi connectivity index (χ2v) is 2.21. The number of hydrogen-bond acceptors (Lipinski definition) is 2. The first-order valence-corrected chi connectivity index (χ1v) is 3.23. The van der Waals surface area contributed by atoms with Gasteiger partial charge in [0, 0.05) is 0 Å². The summed E-state index contributed by atoms with van der Waals surface area (Å²) in [6.45, 7) is -0.402. The Morgan fingerprint density at radius 3 is 2.82 bits per heavy atom. The zero-order valence-electron chi connectivity index (χ0n) is 6.10. The van der Waals surface area contributed by atoms with Crippen molar-refractivity contribution in [2.45, 2.75) is 5.92 Å². The third kappa shape index (κ3) is 1.77. The Morgan fingerprint density at radius 2 is 2.36 bits per heavy atom. The van der Waals surface area contributed by atoms with E-state index < -0.39 is 12.5 Å². The van der Waals surface area contributed by atoms with E-state index >= 15 is 0 Å². The highest BCUT2D eigenvalue weighted by atomic mass is 19.3. The monoisotopic (exact) mass is 161 g/mol. The van der Waals surface area contributed by atoms with Gasteiger partial charge in [-0.15, -0.1) is 0 Å². The summed E-state index contributed by atoms with van der Waals surface area (Å²) in [5.41, 5.74) is 0. The third-order valence-electron chi connectivity index (χ3n) is 1.28. The predicted octanol–water partition coefficient (Wildman–Crippen LogP) is 1.59. The maximum Gasteiger partial charge on any atom is 0.316 e. The number of alkyl halides is 2. The average Bonchev–Trinajstić information content (AvgIpc) is 2.37. The Bertz CT molecular complexity index is 208. The van der Waals surface area contributed by atoms with Crippen molar-refractivity contribution in [2.24, 2.45) is 0 Å². The zero-order chi connectivity index (χ0) is 8.32. The summed E-state index contributed by atoms with van der Waals surface area (Å²) in [5, 5.41) is 2.39. The summed E-state index contributed by atoms with van der Waals surface area (Å²) in [7, 11) is 1.47. The average molecular weight is 161 g/mol. The molecule has 0 amide bonds. The molecule has 0 atom stereocenters. The Labute approximate surface area is 63.2 Å². The highest BCUT2D eigenvalue weighted by molar-refractivity contribution is 5.05. The summed E-state index contributed by atoms with van der Waals surface area (Å²) in [6, 6.07) is 2.70. The van der Waals surface area contributed by atoms with Crippen molar-refractivity contribution in [3.63, 3.8) is 0 Å². The van der Waals surface area contributed by atoms with E-state index in [0.717, 1.165) is 0 Å². The first-order chi connectivity index (χ1) is 5.17. The molecule has 4 heteroatoms. The van der Waals surface area contributed by atoms with Crippen LogP contribution in [0.4, 0.5) is 8.78 Å². The smallest absolute Gasteiger partial charge is 0.316 e. The maximum atomic E-state index is 12.8. The summed E-state index contributed by atoms with van der Waals surface area (Å²) in [4.78, 5) is 0. The minimum absolute atomic E-state index is 0.299. The van der Waals surface area contributed by atoms with Crippen LogP contribution in [0.15, 0.2) is 22.8 Å². The molecule has 0 radical (unpaired) electrons. The molecule has 1 aromatic rings. The lowest BCUT2D eigenvalue weighted by molar-refractivity contribution is -0.0225. The molecule has 0 aliphatic rings. The minimum Gasteiger partial charge on any atom is -0.463 e. The largest absolute Gasteiger partial charge is 0.463 e. The van der Waals surface area contributed by atoms with Crippen LogP contribution in [0, 0.1) is 0 Å². The van der Waals surface area contributed by atoms with Gasteiger partial charge in [-0.2, -0.15) is 8.78 Å². The minimum atomic E-state index is -2.90. The van der Waals surface area contributed by atoms with Crippen molar-refractivity contribution in [1.29, 1.82) is 0 Å². The van der Waals surface area contributed by atoms with E-state index in [4.69, 9.17) is 0 Å². The van der Waals surface area contributed by atoms with Crippen LogP contribution in [-0.2, 0) is 5.92 Å². The highest BCUT2D eigenvalue weighted by Crippen LogP contribution is 2.26. The van der Waals surface area contributed by atoms with Crippen LogP contribution in [0.1, 0.15) is 5.76 Å². The standard InChI is InChI=1S/C7H9F2NO/c1-10-5-7(8,9)6-3-2-4-11-6/h2-4,10H,5H2,1H3. The SMILES string of the molecule is CNCC(F)(F)c1ccco1. The van der Waals surface area contributed by atoms with E-state index in [9.17, 15) is 8.78 Å². The molecule has 0 spiro atoms. The quantitative estimate of drug-likeness (QED) is 0.728. The highest BCUT2D eigenvalue weighted by Gasteiger charge is 2.33. The van der Waals surface area contributed by atoms with Gasteiger partial charge in [-0.3, -0.25) is 0 Å². The number of nitrogens with one attached hydrogen (secondary N) is 1. The molecule has 0 saturated carbocycles. The molecule has 0 bridgehead atoms. The number of rotatable bonds is 3. The third-order valence-corrected chi connectivity index (χ3v) is 1.28. The van der Waals surface area contributed by atoms with Crippen molar-refractivity contribution in [2.75, 3.05) is 13.6 Å². The van der Waals surface area contributed by atoms with Crippen LogP contribution in [0.25, 0.3) is 0 Å². The molecule has 1 heterocycles. The van der Waals surface area contributed by atoms with E-state index in [1.54, 1.807) is 0 Å². The first-order valence-electron chi connectivity index (χ1n) is 3.23. The van der Waals surface area contributed by atoms with Gasteiger partial charge in [0.25, 0.3) is 0 Å². The second kappa shape index (κ2) is 3.00. The summed E-state index contributed by atoms with van der Waals surface area (Å²) < 4.78 is 30.2.